The molecule has 0 aromatic rings. The number of urea groups is 1. The van der Waals surface area contributed by atoms with Crippen molar-refractivity contribution in [3.05, 3.63) is 0 Å². The molecule has 5 nitrogen and oxygen atoms in total. The summed E-state index contributed by atoms with van der Waals surface area (Å²) in [6, 6.07) is 0.598. The fourth-order valence-corrected chi connectivity index (χ4v) is 1.61. The van der Waals surface area contributed by atoms with E-state index in [9.17, 15) is 9.59 Å². The summed E-state index contributed by atoms with van der Waals surface area (Å²) < 4.78 is 0. The fraction of sp³-hybridized carbons (Fsp3) is 0.818. The van der Waals surface area contributed by atoms with Crippen LogP contribution >= 0.6 is 0 Å². The number of carbonyl (C=O) groups excluding carboxylic acids is 2. The summed E-state index contributed by atoms with van der Waals surface area (Å²) in [6.45, 7) is 0.414. The highest BCUT2D eigenvalue weighted by molar-refractivity contribution is 5.78. The van der Waals surface area contributed by atoms with E-state index in [1.165, 1.54) is 6.42 Å². The predicted molar refractivity (Wildman–Crippen MR) is 60.0 cm³/mol. The van der Waals surface area contributed by atoms with Gasteiger partial charge in [-0.1, -0.05) is 0 Å². The molecule has 2 fully saturated rings. The van der Waals surface area contributed by atoms with Gasteiger partial charge in [-0.2, -0.15) is 0 Å². The van der Waals surface area contributed by atoms with Crippen LogP contribution < -0.4 is 16.0 Å². The van der Waals surface area contributed by atoms with Gasteiger partial charge in [-0.15, -0.1) is 0 Å². The van der Waals surface area contributed by atoms with Crippen molar-refractivity contribution in [2.45, 2.75) is 50.6 Å². The van der Waals surface area contributed by atoms with E-state index in [1.807, 2.05) is 0 Å². The van der Waals surface area contributed by atoms with Gasteiger partial charge in [0.15, 0.2) is 0 Å². The summed E-state index contributed by atoms with van der Waals surface area (Å²) in [7, 11) is 0. The Morgan fingerprint density at radius 1 is 1.00 bits per heavy atom. The molecule has 16 heavy (non-hydrogen) atoms. The third kappa shape index (κ3) is 3.72. The first-order valence-corrected chi connectivity index (χ1v) is 6.08. The van der Waals surface area contributed by atoms with Gasteiger partial charge in [0.05, 0.1) is 0 Å². The van der Waals surface area contributed by atoms with Crippen molar-refractivity contribution in [3.63, 3.8) is 0 Å². The Morgan fingerprint density at radius 3 is 2.25 bits per heavy atom. The second-order valence-corrected chi connectivity index (χ2v) is 4.62. The normalized spacial score (nSPS) is 19.8. The van der Waals surface area contributed by atoms with E-state index >= 15 is 0 Å². The van der Waals surface area contributed by atoms with Crippen molar-refractivity contribution in [1.82, 2.24) is 16.0 Å². The molecule has 0 unspecified atom stereocenters. The molecule has 0 heterocycles. The average Bonchev–Trinajstić information content (AvgIpc) is 2.95. The minimum atomic E-state index is -0.149. The molecule has 0 aliphatic heterocycles. The van der Waals surface area contributed by atoms with Crippen LogP contribution in [0.5, 0.6) is 0 Å². The number of amides is 3. The van der Waals surface area contributed by atoms with Gasteiger partial charge >= 0.3 is 6.03 Å². The van der Waals surface area contributed by atoms with Crippen molar-refractivity contribution in [1.29, 1.82) is 0 Å². The predicted octanol–water partition coefficient (Wildman–Crippen LogP) is 0.507. The molecule has 5 heteroatoms. The molecule has 2 aliphatic rings. The van der Waals surface area contributed by atoms with Gasteiger partial charge in [0, 0.05) is 25.0 Å². The molecule has 3 amide bonds. The fourth-order valence-electron chi connectivity index (χ4n) is 1.61. The molecular weight excluding hydrogens is 206 g/mol. The maximum absolute atomic E-state index is 11.3. The molecule has 0 bridgehead atoms. The molecule has 3 N–H and O–H groups in total. The Balaban J connectivity index is 1.49. The molecule has 0 aromatic heterocycles. The second kappa shape index (κ2) is 5.18. The Kier molecular flexibility index (Phi) is 3.64. The van der Waals surface area contributed by atoms with Crippen molar-refractivity contribution < 1.29 is 9.59 Å². The van der Waals surface area contributed by atoms with E-state index in [0.717, 1.165) is 25.7 Å². The SMILES string of the molecule is O=C(CCNC(=O)NC1CCC1)NC1CC1. The summed E-state index contributed by atoms with van der Waals surface area (Å²) in [5, 5.41) is 8.44. The number of hydrogen-bond donors (Lipinski definition) is 3. The van der Waals surface area contributed by atoms with Crippen molar-refractivity contribution >= 4 is 11.9 Å². The molecule has 0 atom stereocenters. The molecule has 2 rings (SSSR count). The lowest BCUT2D eigenvalue weighted by Gasteiger charge is -2.26. The lowest BCUT2D eigenvalue weighted by molar-refractivity contribution is -0.121. The van der Waals surface area contributed by atoms with Gasteiger partial charge < -0.3 is 16.0 Å². The largest absolute Gasteiger partial charge is 0.353 e. The lowest BCUT2D eigenvalue weighted by Crippen LogP contribution is -2.45. The van der Waals surface area contributed by atoms with Crippen LogP contribution in [0.2, 0.25) is 0 Å². The van der Waals surface area contributed by atoms with Crippen molar-refractivity contribution in [3.8, 4) is 0 Å². The monoisotopic (exact) mass is 225 g/mol. The van der Waals surface area contributed by atoms with Crippen LogP contribution in [0.3, 0.4) is 0 Å². The zero-order valence-electron chi connectivity index (χ0n) is 9.42. The molecule has 0 aromatic carbocycles. The van der Waals surface area contributed by atoms with Gasteiger partial charge in [-0.05, 0) is 32.1 Å². The maximum Gasteiger partial charge on any atom is 0.315 e. The van der Waals surface area contributed by atoms with Crippen LogP contribution in [0.4, 0.5) is 4.79 Å². The third-order valence-corrected chi connectivity index (χ3v) is 3.02. The standard InChI is InChI=1S/C11H19N3O2/c15-10(13-9-4-5-9)6-7-12-11(16)14-8-2-1-3-8/h8-9H,1-7H2,(H,13,15)(H2,12,14,16). The van der Waals surface area contributed by atoms with E-state index in [-0.39, 0.29) is 11.9 Å². The highest BCUT2D eigenvalue weighted by Crippen LogP contribution is 2.18. The smallest absolute Gasteiger partial charge is 0.315 e. The van der Waals surface area contributed by atoms with E-state index in [0.29, 0.717) is 25.0 Å². The topological polar surface area (TPSA) is 70.2 Å². The van der Waals surface area contributed by atoms with Gasteiger partial charge in [0.25, 0.3) is 0 Å². The first-order valence-electron chi connectivity index (χ1n) is 6.08. The van der Waals surface area contributed by atoms with Crippen LogP contribution in [0, 0.1) is 0 Å². The Morgan fingerprint density at radius 2 is 1.69 bits per heavy atom. The van der Waals surface area contributed by atoms with E-state index < -0.39 is 0 Å². The first kappa shape index (κ1) is 11.2. The van der Waals surface area contributed by atoms with Gasteiger partial charge in [0.1, 0.15) is 0 Å². The quantitative estimate of drug-likeness (QED) is 0.638. The molecule has 0 spiro atoms. The van der Waals surface area contributed by atoms with Gasteiger partial charge in [0.2, 0.25) is 5.91 Å². The zero-order chi connectivity index (χ0) is 11.4. The van der Waals surface area contributed by atoms with Crippen LogP contribution in [0.1, 0.15) is 38.5 Å². The van der Waals surface area contributed by atoms with Crippen LogP contribution in [-0.2, 0) is 4.79 Å². The van der Waals surface area contributed by atoms with Crippen molar-refractivity contribution in [2.75, 3.05) is 6.54 Å². The van der Waals surface area contributed by atoms with Gasteiger partial charge in [-0.25, -0.2) is 4.79 Å². The molecule has 90 valence electrons. The molecule has 0 saturated heterocycles. The Bertz CT molecular complexity index is 272. The van der Waals surface area contributed by atoms with Crippen LogP contribution in [-0.4, -0.2) is 30.6 Å². The molecular formula is C11H19N3O2. The minimum absolute atomic E-state index is 0.0337. The van der Waals surface area contributed by atoms with E-state index in [2.05, 4.69) is 16.0 Å². The minimum Gasteiger partial charge on any atom is -0.353 e. The number of hydrogen-bond acceptors (Lipinski definition) is 2. The number of rotatable bonds is 5. The summed E-state index contributed by atoms with van der Waals surface area (Å²) in [5.41, 5.74) is 0. The molecule has 2 saturated carbocycles. The molecule has 0 radical (unpaired) electrons. The van der Waals surface area contributed by atoms with E-state index in [1.54, 1.807) is 0 Å². The van der Waals surface area contributed by atoms with Gasteiger partial charge in [-0.3, -0.25) is 4.79 Å². The average molecular weight is 225 g/mol. The summed E-state index contributed by atoms with van der Waals surface area (Å²) in [4.78, 5) is 22.6. The van der Waals surface area contributed by atoms with Crippen LogP contribution in [0.15, 0.2) is 0 Å². The third-order valence-electron chi connectivity index (χ3n) is 3.02. The highest BCUT2D eigenvalue weighted by Gasteiger charge is 2.23. The van der Waals surface area contributed by atoms with Crippen molar-refractivity contribution in [2.24, 2.45) is 0 Å². The highest BCUT2D eigenvalue weighted by atomic mass is 16.2. The van der Waals surface area contributed by atoms with Crippen LogP contribution in [0.25, 0.3) is 0 Å². The maximum atomic E-state index is 11.3. The molecule has 2 aliphatic carbocycles. The summed E-state index contributed by atoms with van der Waals surface area (Å²) in [6.07, 6.45) is 5.93. The Hall–Kier alpha value is -1.26. The number of carbonyl (C=O) groups is 2. The Labute approximate surface area is 95.3 Å². The summed E-state index contributed by atoms with van der Waals surface area (Å²) >= 11 is 0. The zero-order valence-corrected chi connectivity index (χ0v) is 9.42. The first-order chi connectivity index (χ1) is 7.74. The summed E-state index contributed by atoms with van der Waals surface area (Å²) in [5.74, 6) is 0.0337. The van der Waals surface area contributed by atoms with E-state index in [4.69, 9.17) is 0 Å². The second-order valence-electron chi connectivity index (χ2n) is 4.62. The number of nitrogens with one attached hydrogen (secondary N) is 3. The lowest BCUT2D eigenvalue weighted by atomic mass is 9.93.